The zero-order chi connectivity index (χ0) is 14.8. The van der Waals surface area contributed by atoms with Crippen LogP contribution in [0.4, 0.5) is 0 Å². The Balaban J connectivity index is 2.07. The van der Waals surface area contributed by atoms with Crippen molar-refractivity contribution < 1.29 is 14.3 Å². The lowest BCUT2D eigenvalue weighted by Crippen LogP contribution is -2.07. The molecule has 0 bridgehead atoms. The Labute approximate surface area is 121 Å². The van der Waals surface area contributed by atoms with Crippen molar-refractivity contribution in [2.75, 3.05) is 13.7 Å². The number of hydrogen-bond acceptors (Lipinski definition) is 4. The second kappa shape index (κ2) is 5.44. The number of pyridine rings is 1. The lowest BCUT2D eigenvalue weighted by molar-refractivity contribution is 0.0498. The van der Waals surface area contributed by atoms with Crippen molar-refractivity contribution >= 4 is 27.8 Å². The Kier molecular flexibility index (Phi) is 3.48. The predicted octanol–water partition coefficient (Wildman–Crippen LogP) is 3.29. The van der Waals surface area contributed by atoms with Crippen LogP contribution in [0.5, 0.6) is 5.75 Å². The Morgan fingerprint density at radius 1 is 1.24 bits per heavy atom. The third kappa shape index (κ3) is 2.42. The zero-order valence-corrected chi connectivity index (χ0v) is 12.0. The number of fused-ring (bicyclic) bond motifs is 3. The smallest absolute Gasteiger partial charge is 0.356 e. The highest BCUT2D eigenvalue weighted by molar-refractivity contribution is 6.08. The van der Waals surface area contributed by atoms with Crippen molar-refractivity contribution in [1.29, 1.82) is 0 Å². The summed E-state index contributed by atoms with van der Waals surface area (Å²) in [5, 5.41) is 1.98. The number of esters is 1. The fraction of sp³-hybridized carbons (Fsp3) is 0.250. The summed E-state index contributed by atoms with van der Waals surface area (Å²) in [6.07, 6.45) is 2.45. The SMILES string of the molecule is CCCOC(=O)c1cc2c(cn1)[nH]c1cc(OC)ccc12. The lowest BCUT2D eigenvalue weighted by Gasteiger charge is -2.02. The maximum absolute atomic E-state index is 11.9. The molecule has 0 aliphatic heterocycles. The van der Waals surface area contributed by atoms with E-state index in [1.165, 1.54) is 0 Å². The van der Waals surface area contributed by atoms with E-state index in [2.05, 4.69) is 9.97 Å². The van der Waals surface area contributed by atoms with E-state index in [-0.39, 0.29) is 5.97 Å². The number of hydrogen-bond donors (Lipinski definition) is 1. The van der Waals surface area contributed by atoms with Gasteiger partial charge in [-0.2, -0.15) is 0 Å². The summed E-state index contributed by atoms with van der Waals surface area (Å²) in [5.74, 6) is 0.395. The van der Waals surface area contributed by atoms with Gasteiger partial charge in [-0.25, -0.2) is 9.78 Å². The number of carbonyl (C=O) groups is 1. The topological polar surface area (TPSA) is 64.2 Å². The number of methoxy groups -OCH3 is 1. The van der Waals surface area contributed by atoms with Crippen LogP contribution in [0.1, 0.15) is 23.8 Å². The number of ether oxygens (including phenoxy) is 2. The van der Waals surface area contributed by atoms with E-state index < -0.39 is 0 Å². The molecule has 21 heavy (non-hydrogen) atoms. The minimum atomic E-state index is -0.387. The van der Waals surface area contributed by atoms with Crippen LogP contribution in [-0.2, 0) is 4.74 Å². The van der Waals surface area contributed by atoms with Crippen molar-refractivity contribution in [3.8, 4) is 5.75 Å². The van der Waals surface area contributed by atoms with Crippen LogP contribution in [0.3, 0.4) is 0 Å². The standard InChI is InChI=1S/C16H16N2O3/c1-3-6-21-16(19)14-8-12-11-5-4-10(20-2)7-13(11)18-15(12)9-17-14/h4-5,7-9,18H,3,6H2,1-2H3. The van der Waals surface area contributed by atoms with Gasteiger partial charge in [-0.05, 0) is 24.6 Å². The molecule has 5 nitrogen and oxygen atoms in total. The van der Waals surface area contributed by atoms with Gasteiger partial charge in [0.1, 0.15) is 11.4 Å². The van der Waals surface area contributed by atoms with Crippen LogP contribution in [0.15, 0.2) is 30.5 Å². The maximum Gasteiger partial charge on any atom is 0.356 e. The molecule has 0 spiro atoms. The highest BCUT2D eigenvalue weighted by Gasteiger charge is 2.12. The largest absolute Gasteiger partial charge is 0.497 e. The lowest BCUT2D eigenvalue weighted by atomic mass is 10.1. The molecule has 1 aromatic carbocycles. The third-order valence-corrected chi connectivity index (χ3v) is 3.34. The molecule has 0 saturated heterocycles. The molecule has 0 radical (unpaired) electrons. The molecule has 2 heterocycles. The summed E-state index contributed by atoms with van der Waals surface area (Å²) in [6.45, 7) is 2.36. The minimum Gasteiger partial charge on any atom is -0.497 e. The quantitative estimate of drug-likeness (QED) is 0.747. The summed E-state index contributed by atoms with van der Waals surface area (Å²) in [4.78, 5) is 19.3. The summed E-state index contributed by atoms with van der Waals surface area (Å²) < 4.78 is 10.3. The van der Waals surface area contributed by atoms with Crippen LogP contribution in [0.25, 0.3) is 21.8 Å². The molecule has 0 aliphatic rings. The number of nitrogens with one attached hydrogen (secondary N) is 1. The number of H-pyrrole nitrogens is 1. The van der Waals surface area contributed by atoms with Gasteiger partial charge < -0.3 is 14.5 Å². The van der Waals surface area contributed by atoms with E-state index >= 15 is 0 Å². The molecule has 2 aromatic heterocycles. The van der Waals surface area contributed by atoms with Gasteiger partial charge in [-0.1, -0.05) is 6.92 Å². The Morgan fingerprint density at radius 3 is 2.86 bits per heavy atom. The predicted molar refractivity (Wildman–Crippen MR) is 80.7 cm³/mol. The fourth-order valence-corrected chi connectivity index (χ4v) is 2.29. The number of rotatable bonds is 4. The molecule has 3 aromatic rings. The van der Waals surface area contributed by atoms with Crippen molar-refractivity contribution in [2.24, 2.45) is 0 Å². The van der Waals surface area contributed by atoms with Gasteiger partial charge in [0.25, 0.3) is 0 Å². The minimum absolute atomic E-state index is 0.327. The first-order valence-electron chi connectivity index (χ1n) is 6.85. The zero-order valence-electron chi connectivity index (χ0n) is 12.0. The van der Waals surface area contributed by atoms with Crippen molar-refractivity contribution in [3.05, 3.63) is 36.2 Å². The average Bonchev–Trinajstić information content (AvgIpc) is 2.89. The molecule has 108 valence electrons. The number of carbonyl (C=O) groups excluding carboxylic acids is 1. The van der Waals surface area contributed by atoms with E-state index in [1.54, 1.807) is 19.4 Å². The van der Waals surface area contributed by atoms with Gasteiger partial charge >= 0.3 is 5.97 Å². The summed E-state index contributed by atoms with van der Waals surface area (Å²) in [5.41, 5.74) is 2.16. The van der Waals surface area contributed by atoms with Crippen LogP contribution in [-0.4, -0.2) is 29.7 Å². The van der Waals surface area contributed by atoms with Gasteiger partial charge in [-0.3, -0.25) is 0 Å². The molecule has 0 fully saturated rings. The molecule has 1 N–H and O–H groups in total. The molecular weight excluding hydrogens is 268 g/mol. The Bertz CT molecular complexity index is 808. The van der Waals surface area contributed by atoms with Gasteiger partial charge in [0, 0.05) is 16.8 Å². The van der Waals surface area contributed by atoms with E-state index in [0.717, 1.165) is 34.0 Å². The molecule has 3 rings (SSSR count). The van der Waals surface area contributed by atoms with Crippen LogP contribution in [0.2, 0.25) is 0 Å². The van der Waals surface area contributed by atoms with Crippen LogP contribution >= 0.6 is 0 Å². The Hall–Kier alpha value is -2.56. The summed E-state index contributed by atoms with van der Waals surface area (Å²) in [7, 11) is 1.63. The van der Waals surface area contributed by atoms with Crippen molar-refractivity contribution in [2.45, 2.75) is 13.3 Å². The average molecular weight is 284 g/mol. The molecule has 5 heteroatoms. The normalized spacial score (nSPS) is 11.0. The number of nitrogens with zero attached hydrogens (tertiary/aromatic N) is 1. The van der Waals surface area contributed by atoms with E-state index in [9.17, 15) is 4.79 Å². The highest BCUT2D eigenvalue weighted by atomic mass is 16.5. The molecule has 0 amide bonds. The summed E-state index contributed by atoms with van der Waals surface area (Å²) in [6, 6.07) is 7.54. The number of aromatic nitrogens is 2. The second-order valence-electron chi connectivity index (χ2n) is 4.79. The summed E-state index contributed by atoms with van der Waals surface area (Å²) >= 11 is 0. The second-order valence-corrected chi connectivity index (χ2v) is 4.79. The van der Waals surface area contributed by atoms with Gasteiger partial charge in [0.15, 0.2) is 0 Å². The van der Waals surface area contributed by atoms with E-state index in [4.69, 9.17) is 9.47 Å². The molecule has 0 atom stereocenters. The van der Waals surface area contributed by atoms with E-state index in [1.807, 2.05) is 25.1 Å². The van der Waals surface area contributed by atoms with Gasteiger partial charge in [-0.15, -0.1) is 0 Å². The third-order valence-electron chi connectivity index (χ3n) is 3.34. The molecule has 0 unspecified atom stereocenters. The van der Waals surface area contributed by atoms with Gasteiger partial charge in [0.2, 0.25) is 0 Å². The first kappa shape index (κ1) is 13.4. The first-order valence-corrected chi connectivity index (χ1v) is 6.85. The highest BCUT2D eigenvalue weighted by Crippen LogP contribution is 2.28. The molecule has 0 aliphatic carbocycles. The van der Waals surface area contributed by atoms with Crippen LogP contribution < -0.4 is 4.74 Å². The molecular formula is C16H16N2O3. The van der Waals surface area contributed by atoms with Crippen molar-refractivity contribution in [3.63, 3.8) is 0 Å². The van der Waals surface area contributed by atoms with E-state index in [0.29, 0.717) is 12.3 Å². The van der Waals surface area contributed by atoms with Gasteiger partial charge in [0.05, 0.1) is 30.9 Å². The van der Waals surface area contributed by atoms with Crippen molar-refractivity contribution in [1.82, 2.24) is 9.97 Å². The number of aromatic amines is 1. The maximum atomic E-state index is 11.9. The fourth-order valence-electron chi connectivity index (χ4n) is 2.29. The van der Waals surface area contributed by atoms with Crippen LogP contribution in [0, 0.1) is 0 Å². The first-order chi connectivity index (χ1) is 10.2. The Morgan fingerprint density at radius 2 is 2.10 bits per heavy atom. The monoisotopic (exact) mass is 284 g/mol. The molecule has 0 saturated carbocycles. The number of benzene rings is 1.